The van der Waals surface area contributed by atoms with Crippen molar-refractivity contribution in [3.05, 3.63) is 45.9 Å². The molecule has 0 aliphatic carbocycles. The van der Waals surface area contributed by atoms with Gasteiger partial charge in [0.05, 0.1) is 16.3 Å². The molecular weight excluding hydrogens is 328 g/mol. The highest BCUT2D eigenvalue weighted by molar-refractivity contribution is 9.10. The van der Waals surface area contributed by atoms with E-state index in [2.05, 4.69) is 33.5 Å². The first-order valence-corrected chi connectivity index (χ1v) is 7.09. The predicted octanol–water partition coefficient (Wildman–Crippen LogP) is 5.08. The predicted molar refractivity (Wildman–Crippen MR) is 82.4 cm³/mol. The van der Waals surface area contributed by atoms with E-state index in [4.69, 9.17) is 16.3 Å². The van der Waals surface area contributed by atoms with Crippen LogP contribution in [0.2, 0.25) is 5.02 Å². The average Bonchev–Trinajstić information content (AvgIpc) is 2.74. The van der Waals surface area contributed by atoms with E-state index in [9.17, 15) is 0 Å². The summed E-state index contributed by atoms with van der Waals surface area (Å²) in [6, 6.07) is 11.3. The molecule has 2 N–H and O–H groups in total. The smallest absolute Gasteiger partial charge is 0.166 e. The van der Waals surface area contributed by atoms with Gasteiger partial charge in [0.15, 0.2) is 5.75 Å². The first-order valence-electron chi connectivity index (χ1n) is 5.92. The van der Waals surface area contributed by atoms with Crippen LogP contribution in [0.5, 0.6) is 11.5 Å². The lowest BCUT2D eigenvalue weighted by Crippen LogP contribution is -2.16. The van der Waals surface area contributed by atoms with Gasteiger partial charge in [-0.05, 0) is 53.2 Å². The summed E-state index contributed by atoms with van der Waals surface area (Å²) in [6.07, 6.45) is 0.186. The number of hydrogen-bond donors (Lipinski definition) is 2. The number of nitrogens with one attached hydrogen (secondary N) is 2. The zero-order chi connectivity index (χ0) is 13.4. The fourth-order valence-corrected chi connectivity index (χ4v) is 2.65. The number of ether oxygens (including phenoxy) is 1. The van der Waals surface area contributed by atoms with Crippen molar-refractivity contribution < 1.29 is 4.74 Å². The second-order valence-corrected chi connectivity index (χ2v) is 5.66. The van der Waals surface area contributed by atoms with Crippen molar-refractivity contribution in [3.8, 4) is 11.5 Å². The SMILES string of the molecule is CC1Nc2ccc(Br)c(Oc3cccc(Cl)c3)c2N1. The van der Waals surface area contributed by atoms with Gasteiger partial charge >= 0.3 is 0 Å². The molecule has 1 aliphatic rings. The zero-order valence-electron chi connectivity index (χ0n) is 10.2. The van der Waals surface area contributed by atoms with E-state index in [0.29, 0.717) is 10.8 Å². The summed E-state index contributed by atoms with van der Waals surface area (Å²) in [6.45, 7) is 2.05. The second kappa shape index (κ2) is 4.94. The van der Waals surface area contributed by atoms with Gasteiger partial charge in [-0.25, -0.2) is 0 Å². The molecule has 1 atom stereocenters. The molecule has 1 aliphatic heterocycles. The minimum atomic E-state index is 0.186. The fourth-order valence-electron chi connectivity index (χ4n) is 2.05. The molecule has 0 fully saturated rings. The van der Waals surface area contributed by atoms with Gasteiger partial charge in [0.1, 0.15) is 11.4 Å². The monoisotopic (exact) mass is 338 g/mol. The van der Waals surface area contributed by atoms with Gasteiger partial charge in [-0.3, -0.25) is 0 Å². The molecule has 0 saturated heterocycles. The summed E-state index contributed by atoms with van der Waals surface area (Å²) < 4.78 is 6.85. The lowest BCUT2D eigenvalue weighted by Gasteiger charge is -2.12. The van der Waals surface area contributed by atoms with Gasteiger partial charge in [0, 0.05) is 5.02 Å². The largest absolute Gasteiger partial charge is 0.454 e. The Hall–Kier alpha value is -1.39. The van der Waals surface area contributed by atoms with Crippen LogP contribution in [0.3, 0.4) is 0 Å². The van der Waals surface area contributed by atoms with Gasteiger partial charge in [-0.2, -0.15) is 0 Å². The highest BCUT2D eigenvalue weighted by Crippen LogP contribution is 2.44. The van der Waals surface area contributed by atoms with Crippen LogP contribution in [-0.4, -0.2) is 6.17 Å². The Kier molecular flexibility index (Phi) is 3.29. The molecule has 3 rings (SSSR count). The molecular formula is C14H12BrClN2O. The fraction of sp³-hybridized carbons (Fsp3) is 0.143. The molecule has 0 spiro atoms. The molecule has 0 radical (unpaired) electrons. The number of anilines is 2. The molecule has 2 aromatic carbocycles. The van der Waals surface area contributed by atoms with Gasteiger partial charge in [0.2, 0.25) is 0 Å². The summed E-state index contributed by atoms with van der Waals surface area (Å²) in [4.78, 5) is 0. The average molecular weight is 340 g/mol. The van der Waals surface area contributed by atoms with E-state index >= 15 is 0 Å². The van der Waals surface area contributed by atoms with E-state index < -0.39 is 0 Å². The van der Waals surface area contributed by atoms with E-state index in [1.165, 1.54) is 0 Å². The molecule has 1 unspecified atom stereocenters. The van der Waals surface area contributed by atoms with Crippen LogP contribution in [-0.2, 0) is 0 Å². The van der Waals surface area contributed by atoms with Crippen molar-refractivity contribution in [2.24, 2.45) is 0 Å². The van der Waals surface area contributed by atoms with Gasteiger partial charge in [-0.15, -0.1) is 0 Å². The first kappa shape index (κ1) is 12.6. The van der Waals surface area contributed by atoms with Crippen molar-refractivity contribution >= 4 is 38.9 Å². The van der Waals surface area contributed by atoms with Crippen LogP contribution in [0, 0.1) is 0 Å². The minimum absolute atomic E-state index is 0.186. The molecule has 0 bridgehead atoms. The number of fused-ring (bicyclic) bond motifs is 1. The van der Waals surface area contributed by atoms with E-state index in [1.807, 2.05) is 30.3 Å². The summed E-state index contributed by atoms with van der Waals surface area (Å²) in [5.41, 5.74) is 1.99. The van der Waals surface area contributed by atoms with E-state index in [0.717, 1.165) is 21.6 Å². The molecule has 0 amide bonds. The standard InChI is InChI=1S/C14H12BrClN2O/c1-8-17-12-6-5-11(15)14(13(12)18-8)19-10-4-2-3-9(16)7-10/h2-8,17-18H,1H3. The summed E-state index contributed by atoms with van der Waals surface area (Å²) in [5.74, 6) is 1.47. The molecule has 0 aromatic heterocycles. The van der Waals surface area contributed by atoms with Crippen molar-refractivity contribution in [1.29, 1.82) is 0 Å². The number of benzene rings is 2. The summed E-state index contributed by atoms with van der Waals surface area (Å²) >= 11 is 9.49. The highest BCUT2D eigenvalue weighted by Gasteiger charge is 2.22. The minimum Gasteiger partial charge on any atom is -0.454 e. The van der Waals surface area contributed by atoms with Crippen molar-refractivity contribution in [3.63, 3.8) is 0 Å². The molecule has 3 nitrogen and oxygen atoms in total. The molecule has 2 aromatic rings. The van der Waals surface area contributed by atoms with Crippen LogP contribution in [0.4, 0.5) is 11.4 Å². The lowest BCUT2D eigenvalue weighted by molar-refractivity contribution is 0.482. The van der Waals surface area contributed by atoms with Crippen LogP contribution in [0.25, 0.3) is 0 Å². The summed E-state index contributed by atoms with van der Waals surface area (Å²) in [5, 5.41) is 7.32. The third kappa shape index (κ3) is 2.51. The Balaban J connectivity index is 2.00. The van der Waals surface area contributed by atoms with Crippen molar-refractivity contribution in [1.82, 2.24) is 0 Å². The lowest BCUT2D eigenvalue weighted by atomic mass is 10.2. The van der Waals surface area contributed by atoms with Crippen LogP contribution in [0.1, 0.15) is 6.92 Å². The van der Waals surface area contributed by atoms with Gasteiger partial charge in [-0.1, -0.05) is 17.7 Å². The van der Waals surface area contributed by atoms with Crippen LogP contribution in [0.15, 0.2) is 40.9 Å². The van der Waals surface area contributed by atoms with Gasteiger partial charge < -0.3 is 15.4 Å². The molecule has 98 valence electrons. The molecule has 1 heterocycles. The first-order chi connectivity index (χ1) is 9.13. The number of halogens is 2. The summed E-state index contributed by atoms with van der Waals surface area (Å²) in [7, 11) is 0. The molecule has 19 heavy (non-hydrogen) atoms. The van der Waals surface area contributed by atoms with Crippen LogP contribution >= 0.6 is 27.5 Å². The third-order valence-corrected chi connectivity index (χ3v) is 3.72. The highest BCUT2D eigenvalue weighted by atomic mass is 79.9. The maximum atomic E-state index is 5.97. The zero-order valence-corrected chi connectivity index (χ0v) is 12.5. The van der Waals surface area contributed by atoms with Gasteiger partial charge in [0.25, 0.3) is 0 Å². The Morgan fingerprint density at radius 3 is 2.84 bits per heavy atom. The Labute approximate surface area is 125 Å². The Morgan fingerprint density at radius 2 is 2.05 bits per heavy atom. The van der Waals surface area contributed by atoms with Crippen molar-refractivity contribution in [2.75, 3.05) is 10.6 Å². The maximum absolute atomic E-state index is 5.97. The topological polar surface area (TPSA) is 33.3 Å². The molecule has 0 saturated carbocycles. The van der Waals surface area contributed by atoms with Crippen molar-refractivity contribution in [2.45, 2.75) is 13.1 Å². The number of rotatable bonds is 2. The quantitative estimate of drug-likeness (QED) is 0.800. The number of hydrogen-bond acceptors (Lipinski definition) is 3. The van der Waals surface area contributed by atoms with E-state index in [-0.39, 0.29) is 6.17 Å². The van der Waals surface area contributed by atoms with E-state index in [1.54, 1.807) is 6.07 Å². The maximum Gasteiger partial charge on any atom is 0.166 e. The Bertz CT molecular complexity index is 633. The van der Waals surface area contributed by atoms with Crippen LogP contribution < -0.4 is 15.4 Å². The molecule has 5 heteroatoms. The Morgan fingerprint density at radius 1 is 1.21 bits per heavy atom. The second-order valence-electron chi connectivity index (χ2n) is 4.37. The normalized spacial score (nSPS) is 16.5. The third-order valence-electron chi connectivity index (χ3n) is 2.86.